The van der Waals surface area contributed by atoms with Gasteiger partial charge in [-0.2, -0.15) is 0 Å². The molecule has 182 valence electrons. The summed E-state index contributed by atoms with van der Waals surface area (Å²) in [5.74, 6) is -0.485. The molecule has 0 fully saturated rings. The maximum absolute atomic E-state index is 12.7. The van der Waals surface area contributed by atoms with E-state index in [2.05, 4.69) is 19.8 Å². The monoisotopic (exact) mass is 486 g/mol. The molecule has 2 aromatic carbocycles. The number of para-hydroxylation sites is 1. The van der Waals surface area contributed by atoms with Crippen molar-refractivity contribution in [3.63, 3.8) is 0 Å². The van der Waals surface area contributed by atoms with Gasteiger partial charge in [0.05, 0.1) is 30.1 Å². The quantitative estimate of drug-likeness (QED) is 0.356. The Kier molecular flexibility index (Phi) is 8.08. The predicted molar refractivity (Wildman–Crippen MR) is 129 cm³/mol. The summed E-state index contributed by atoms with van der Waals surface area (Å²) in [5, 5.41) is 14.2. The molecule has 0 saturated carbocycles. The number of esters is 1. The van der Waals surface area contributed by atoms with Gasteiger partial charge >= 0.3 is 5.97 Å². The van der Waals surface area contributed by atoms with Crippen molar-refractivity contribution < 1.29 is 23.1 Å². The molecule has 0 amide bonds. The van der Waals surface area contributed by atoms with E-state index >= 15 is 0 Å². The number of imidazole rings is 1. The van der Waals surface area contributed by atoms with Crippen molar-refractivity contribution in [2.24, 2.45) is 0 Å². The van der Waals surface area contributed by atoms with E-state index in [1.165, 1.54) is 19.2 Å². The summed E-state index contributed by atoms with van der Waals surface area (Å²) < 4.78 is 34.5. The fraction of sp³-hybridized carbons (Fsp3) is 0.333. The van der Waals surface area contributed by atoms with Crippen LogP contribution in [0.25, 0.3) is 0 Å². The molecule has 0 radical (unpaired) electrons. The molecule has 3 N–H and O–H groups in total. The van der Waals surface area contributed by atoms with Crippen molar-refractivity contribution in [3.05, 3.63) is 78.4 Å². The van der Waals surface area contributed by atoms with Gasteiger partial charge in [-0.05, 0) is 38.5 Å². The molecular formula is C24H30N4O5S. The molecule has 0 aliphatic carbocycles. The zero-order valence-electron chi connectivity index (χ0n) is 19.4. The summed E-state index contributed by atoms with van der Waals surface area (Å²) in [7, 11) is -2.47. The molecule has 3 rings (SSSR count). The van der Waals surface area contributed by atoms with Crippen LogP contribution in [0.1, 0.15) is 42.4 Å². The van der Waals surface area contributed by atoms with Crippen LogP contribution in [0, 0.1) is 0 Å². The topological polar surface area (TPSA) is 123 Å². The van der Waals surface area contributed by atoms with Crippen molar-refractivity contribution in [2.45, 2.75) is 43.4 Å². The first-order valence-corrected chi connectivity index (χ1v) is 12.3. The number of β-amino-alcohol motifs (C(OH)–C–C–N with tert-alkyl or cyclic N) is 1. The molecule has 34 heavy (non-hydrogen) atoms. The maximum atomic E-state index is 12.7. The Morgan fingerprint density at radius 3 is 2.53 bits per heavy atom. The Hall–Kier alpha value is -3.21. The number of rotatable bonds is 11. The average Bonchev–Trinajstić information content (AvgIpc) is 3.31. The van der Waals surface area contributed by atoms with E-state index in [1.54, 1.807) is 59.6 Å². The lowest BCUT2D eigenvalue weighted by Crippen LogP contribution is -2.42. The minimum Gasteiger partial charge on any atom is -0.464 e. The maximum Gasteiger partial charge on any atom is 0.358 e. The SMILES string of the molecule is COC(=O)c1cn(CCC(C)(C)NCC(O)c2ccccc2NS(=O)(=O)c2ccccc2)cn1. The number of benzene rings is 2. The van der Waals surface area contributed by atoms with Crippen LogP contribution in [0.15, 0.2) is 72.0 Å². The van der Waals surface area contributed by atoms with Crippen molar-refractivity contribution in [2.75, 3.05) is 18.4 Å². The van der Waals surface area contributed by atoms with E-state index in [-0.39, 0.29) is 22.7 Å². The Labute approximate surface area is 199 Å². The molecule has 0 bridgehead atoms. The van der Waals surface area contributed by atoms with Crippen LogP contribution < -0.4 is 10.0 Å². The molecule has 0 spiro atoms. The minimum atomic E-state index is -3.78. The summed E-state index contributed by atoms with van der Waals surface area (Å²) in [6, 6.07) is 14.9. The van der Waals surface area contributed by atoms with Gasteiger partial charge < -0.3 is 19.7 Å². The van der Waals surface area contributed by atoms with E-state index in [9.17, 15) is 18.3 Å². The number of sulfonamides is 1. The van der Waals surface area contributed by atoms with Gasteiger partial charge in [-0.15, -0.1) is 0 Å². The van der Waals surface area contributed by atoms with E-state index < -0.39 is 22.1 Å². The third kappa shape index (κ3) is 6.66. The van der Waals surface area contributed by atoms with Crippen LogP contribution in [0.4, 0.5) is 5.69 Å². The summed E-state index contributed by atoms with van der Waals surface area (Å²) in [6.07, 6.45) is 2.96. The van der Waals surface area contributed by atoms with Crippen molar-refractivity contribution in [3.8, 4) is 0 Å². The Morgan fingerprint density at radius 2 is 1.82 bits per heavy atom. The fourth-order valence-corrected chi connectivity index (χ4v) is 4.46. The van der Waals surface area contributed by atoms with Gasteiger partial charge in [0.1, 0.15) is 0 Å². The molecule has 0 aliphatic heterocycles. The van der Waals surface area contributed by atoms with Gasteiger partial charge in [0, 0.05) is 30.4 Å². The van der Waals surface area contributed by atoms with Gasteiger partial charge in [-0.3, -0.25) is 4.72 Å². The summed E-state index contributed by atoms with van der Waals surface area (Å²) in [5.41, 5.74) is 0.697. The molecule has 9 nitrogen and oxygen atoms in total. The summed E-state index contributed by atoms with van der Waals surface area (Å²) in [4.78, 5) is 15.7. The zero-order chi connectivity index (χ0) is 24.8. The molecule has 0 saturated heterocycles. The minimum absolute atomic E-state index is 0.147. The molecular weight excluding hydrogens is 456 g/mol. The highest BCUT2D eigenvalue weighted by atomic mass is 32.2. The van der Waals surface area contributed by atoms with Crippen molar-refractivity contribution in [1.29, 1.82) is 0 Å². The molecule has 1 aromatic heterocycles. The van der Waals surface area contributed by atoms with Crippen LogP contribution in [0.3, 0.4) is 0 Å². The van der Waals surface area contributed by atoms with Gasteiger partial charge in [-0.1, -0.05) is 36.4 Å². The predicted octanol–water partition coefficient (Wildman–Crippen LogP) is 2.96. The van der Waals surface area contributed by atoms with Crippen LogP contribution >= 0.6 is 0 Å². The van der Waals surface area contributed by atoms with Gasteiger partial charge in [0.2, 0.25) is 0 Å². The van der Waals surface area contributed by atoms with Gasteiger partial charge in [0.25, 0.3) is 10.0 Å². The number of methoxy groups -OCH3 is 1. The number of aliphatic hydroxyl groups is 1. The number of carbonyl (C=O) groups is 1. The molecule has 1 unspecified atom stereocenters. The van der Waals surface area contributed by atoms with E-state index in [0.29, 0.717) is 24.2 Å². The highest BCUT2D eigenvalue weighted by molar-refractivity contribution is 7.92. The number of hydrogen-bond acceptors (Lipinski definition) is 7. The number of nitrogens with one attached hydrogen (secondary N) is 2. The Balaban J connectivity index is 1.61. The van der Waals surface area contributed by atoms with E-state index in [4.69, 9.17) is 0 Å². The number of nitrogens with zero attached hydrogens (tertiary/aromatic N) is 2. The number of hydrogen-bond donors (Lipinski definition) is 3. The van der Waals surface area contributed by atoms with Crippen LogP contribution in [-0.4, -0.2) is 48.2 Å². The normalized spacial score (nSPS) is 12.8. The molecule has 3 aromatic rings. The first-order chi connectivity index (χ1) is 16.1. The van der Waals surface area contributed by atoms with Crippen molar-refractivity contribution in [1.82, 2.24) is 14.9 Å². The number of carbonyl (C=O) groups excluding carboxylic acids is 1. The first kappa shape index (κ1) is 25.4. The van der Waals surface area contributed by atoms with Crippen molar-refractivity contribution >= 4 is 21.7 Å². The second-order valence-corrected chi connectivity index (χ2v) is 10.2. The largest absolute Gasteiger partial charge is 0.464 e. The fourth-order valence-electron chi connectivity index (χ4n) is 3.36. The summed E-state index contributed by atoms with van der Waals surface area (Å²) >= 11 is 0. The molecule has 0 aliphatic rings. The lowest BCUT2D eigenvalue weighted by atomic mass is 9.99. The Bertz CT molecular complexity index is 1210. The second kappa shape index (κ2) is 10.8. The van der Waals surface area contributed by atoms with Crippen LogP contribution in [-0.2, 0) is 21.3 Å². The molecule has 1 heterocycles. The summed E-state index contributed by atoms with van der Waals surface area (Å²) in [6.45, 7) is 4.83. The van der Waals surface area contributed by atoms with E-state index in [1.807, 2.05) is 13.8 Å². The Morgan fingerprint density at radius 1 is 1.15 bits per heavy atom. The highest BCUT2D eigenvalue weighted by Gasteiger charge is 2.22. The standard InChI is InChI=1S/C24H30N4O5S/c1-24(2,13-14-28-16-21(25-17-28)23(30)33-3)26-15-22(29)19-11-7-8-12-20(19)27-34(31,32)18-9-5-4-6-10-18/h4-12,16-17,22,26-27,29H,13-15H2,1-3H3. The number of aliphatic hydroxyl groups excluding tert-OH is 1. The van der Waals surface area contributed by atoms with E-state index in [0.717, 1.165) is 0 Å². The smallest absolute Gasteiger partial charge is 0.358 e. The lowest BCUT2D eigenvalue weighted by molar-refractivity contribution is 0.0594. The number of anilines is 1. The van der Waals surface area contributed by atoms with Gasteiger partial charge in [-0.25, -0.2) is 18.2 Å². The first-order valence-electron chi connectivity index (χ1n) is 10.8. The number of aromatic nitrogens is 2. The zero-order valence-corrected chi connectivity index (χ0v) is 20.2. The number of aryl methyl sites for hydroxylation is 1. The highest BCUT2D eigenvalue weighted by Crippen LogP contribution is 2.26. The average molecular weight is 487 g/mol. The number of ether oxygens (including phenoxy) is 1. The molecule has 1 atom stereocenters. The van der Waals surface area contributed by atoms with Crippen LogP contribution in [0.2, 0.25) is 0 Å². The second-order valence-electron chi connectivity index (χ2n) is 8.52. The molecule has 10 heteroatoms. The lowest BCUT2D eigenvalue weighted by Gasteiger charge is -2.28. The van der Waals surface area contributed by atoms with Gasteiger partial charge in [0.15, 0.2) is 5.69 Å². The third-order valence-electron chi connectivity index (χ3n) is 5.41. The van der Waals surface area contributed by atoms with Crippen LogP contribution in [0.5, 0.6) is 0 Å². The third-order valence-corrected chi connectivity index (χ3v) is 6.80.